The SMILES string of the molecule is CCCCCCCCC[CH2][Al]([Cl])[CH2]CCCCCCCCC. The molecule has 0 aliphatic carbocycles. The van der Waals surface area contributed by atoms with Crippen LogP contribution in [0.3, 0.4) is 0 Å². The van der Waals surface area contributed by atoms with Crippen molar-refractivity contribution in [1.82, 2.24) is 0 Å². The maximum Gasteiger partial charge on any atom is 0.399 e. The lowest BCUT2D eigenvalue weighted by Crippen LogP contribution is -2.02. The Morgan fingerprint density at radius 1 is 0.455 bits per heavy atom. The van der Waals surface area contributed by atoms with Crippen LogP contribution in [0.2, 0.25) is 10.6 Å². The summed E-state index contributed by atoms with van der Waals surface area (Å²) in [6, 6.07) is 0. The molecule has 2 heteroatoms. The molecule has 22 heavy (non-hydrogen) atoms. The van der Waals surface area contributed by atoms with Crippen LogP contribution >= 0.6 is 10.0 Å². The van der Waals surface area contributed by atoms with Crippen LogP contribution in [0.5, 0.6) is 0 Å². The van der Waals surface area contributed by atoms with Gasteiger partial charge in [0.25, 0.3) is 0 Å². The molecule has 0 nitrogen and oxygen atoms in total. The van der Waals surface area contributed by atoms with E-state index < -0.39 is 13.2 Å². The maximum absolute atomic E-state index is 6.58. The van der Waals surface area contributed by atoms with Crippen molar-refractivity contribution in [2.24, 2.45) is 0 Å². The minimum absolute atomic E-state index is 0.870. The lowest BCUT2D eigenvalue weighted by molar-refractivity contribution is 0.581. The molecule has 0 unspecified atom stereocenters. The minimum Gasteiger partial charge on any atom is -0.261 e. The van der Waals surface area contributed by atoms with Crippen molar-refractivity contribution >= 4 is 23.3 Å². The molecule has 0 aliphatic heterocycles. The number of rotatable bonds is 18. The maximum atomic E-state index is 6.58. The Morgan fingerprint density at radius 3 is 1.05 bits per heavy atom. The van der Waals surface area contributed by atoms with Gasteiger partial charge in [-0.3, -0.25) is 10.0 Å². The van der Waals surface area contributed by atoms with Crippen molar-refractivity contribution < 1.29 is 0 Å². The molecular weight excluding hydrogens is 303 g/mol. The molecule has 0 aromatic heterocycles. The van der Waals surface area contributed by atoms with Gasteiger partial charge in [0.1, 0.15) is 0 Å². The van der Waals surface area contributed by atoms with Gasteiger partial charge in [-0.2, -0.15) is 0 Å². The quantitative estimate of drug-likeness (QED) is 0.173. The van der Waals surface area contributed by atoms with Crippen LogP contribution in [-0.4, -0.2) is 13.2 Å². The average Bonchev–Trinajstić information content (AvgIpc) is 2.52. The number of halogens is 1. The predicted octanol–water partition coefficient (Wildman–Crippen LogP) is 8.50. The first kappa shape index (κ1) is 22.8. The van der Waals surface area contributed by atoms with Crippen LogP contribution in [-0.2, 0) is 0 Å². The van der Waals surface area contributed by atoms with E-state index in [1.807, 2.05) is 0 Å². The molecule has 0 aliphatic rings. The molecule has 0 heterocycles. The van der Waals surface area contributed by atoms with Gasteiger partial charge in [0.15, 0.2) is 0 Å². The van der Waals surface area contributed by atoms with Gasteiger partial charge in [0.05, 0.1) is 0 Å². The molecule has 0 N–H and O–H groups in total. The van der Waals surface area contributed by atoms with Gasteiger partial charge in [0.2, 0.25) is 0 Å². The zero-order chi connectivity index (χ0) is 16.3. The van der Waals surface area contributed by atoms with E-state index in [1.54, 1.807) is 0 Å². The van der Waals surface area contributed by atoms with Gasteiger partial charge in [-0.05, 0) is 0 Å². The van der Waals surface area contributed by atoms with Crippen molar-refractivity contribution in [1.29, 1.82) is 0 Å². The van der Waals surface area contributed by atoms with Crippen molar-refractivity contribution in [2.75, 3.05) is 0 Å². The molecule has 0 fully saturated rings. The summed E-state index contributed by atoms with van der Waals surface area (Å²) in [7, 11) is 6.58. The lowest BCUT2D eigenvalue weighted by Gasteiger charge is -2.05. The Hall–Kier alpha value is 0.822. The predicted molar refractivity (Wildman–Crippen MR) is 106 cm³/mol. The van der Waals surface area contributed by atoms with Gasteiger partial charge < -0.3 is 0 Å². The zero-order valence-electron chi connectivity index (χ0n) is 15.7. The Labute approximate surface area is 150 Å². The lowest BCUT2D eigenvalue weighted by atomic mass is 10.1. The molecular formula is C20H42AlCl. The second-order valence-electron chi connectivity index (χ2n) is 7.12. The molecule has 0 rings (SSSR count). The fourth-order valence-electron chi connectivity index (χ4n) is 3.14. The molecule has 0 aromatic carbocycles. The summed E-state index contributed by atoms with van der Waals surface area (Å²) < 4.78 is 0. The van der Waals surface area contributed by atoms with Gasteiger partial charge in [-0.25, -0.2) is 0 Å². The Morgan fingerprint density at radius 2 is 0.727 bits per heavy atom. The largest absolute Gasteiger partial charge is 0.399 e. The standard InChI is InChI=1S/2C10H21.Al.ClH/c2*1-3-5-7-9-10-8-6-4-2;;/h2*1,3-10H2,2H3;;1H/q;;+1;/p-1. The summed E-state index contributed by atoms with van der Waals surface area (Å²) >= 11 is -0.870. The molecule has 0 radical (unpaired) electrons. The normalized spacial score (nSPS) is 11.0. The smallest absolute Gasteiger partial charge is 0.261 e. The highest BCUT2D eigenvalue weighted by Crippen LogP contribution is 2.17. The molecule has 0 atom stereocenters. The summed E-state index contributed by atoms with van der Waals surface area (Å²) in [5.41, 5.74) is 0. The number of unbranched alkanes of at least 4 members (excludes halogenated alkanes) is 14. The molecule has 132 valence electrons. The van der Waals surface area contributed by atoms with E-state index in [-0.39, 0.29) is 0 Å². The Kier molecular flexibility index (Phi) is 20.6. The second kappa shape index (κ2) is 19.9. The summed E-state index contributed by atoms with van der Waals surface area (Å²) in [6.45, 7) is 4.58. The van der Waals surface area contributed by atoms with E-state index in [0.717, 1.165) is 0 Å². The van der Waals surface area contributed by atoms with Crippen molar-refractivity contribution in [3.05, 3.63) is 0 Å². The van der Waals surface area contributed by atoms with E-state index in [9.17, 15) is 0 Å². The first-order valence-corrected chi connectivity index (χ1v) is 13.8. The summed E-state index contributed by atoms with van der Waals surface area (Å²) in [6.07, 6.45) is 22.8. The Balaban J connectivity index is 3.11. The first-order valence-electron chi connectivity index (χ1n) is 10.4. The van der Waals surface area contributed by atoms with Crippen LogP contribution in [0.25, 0.3) is 0 Å². The van der Waals surface area contributed by atoms with Crippen LogP contribution in [0.1, 0.15) is 117 Å². The van der Waals surface area contributed by atoms with Crippen LogP contribution in [0, 0.1) is 0 Å². The molecule has 0 saturated heterocycles. The second-order valence-corrected chi connectivity index (χ2v) is 11.3. The summed E-state index contributed by atoms with van der Waals surface area (Å²) in [5.74, 6) is 0. The molecule has 0 bridgehead atoms. The highest BCUT2D eigenvalue weighted by Gasteiger charge is 2.13. The number of hydrogen-bond acceptors (Lipinski definition) is 0. The van der Waals surface area contributed by atoms with Gasteiger partial charge in [-0.15, -0.1) is 0 Å². The van der Waals surface area contributed by atoms with E-state index in [0.29, 0.717) is 0 Å². The average molecular weight is 345 g/mol. The number of hydrogen-bond donors (Lipinski definition) is 0. The summed E-state index contributed by atoms with van der Waals surface area (Å²) in [4.78, 5) is 0. The van der Waals surface area contributed by atoms with E-state index in [1.165, 1.54) is 113 Å². The molecule has 0 amide bonds. The third kappa shape index (κ3) is 18.9. The highest BCUT2D eigenvalue weighted by atomic mass is 35.6. The van der Waals surface area contributed by atoms with Gasteiger partial charge in [0, 0.05) is 0 Å². The van der Waals surface area contributed by atoms with Crippen LogP contribution in [0.15, 0.2) is 0 Å². The van der Waals surface area contributed by atoms with Crippen molar-refractivity contribution in [3.8, 4) is 0 Å². The zero-order valence-corrected chi connectivity index (χ0v) is 17.6. The third-order valence-corrected chi connectivity index (χ3v) is 8.12. The summed E-state index contributed by atoms with van der Waals surface area (Å²) in [5, 5.41) is 2.76. The van der Waals surface area contributed by atoms with Gasteiger partial charge >= 0.3 is 13.2 Å². The minimum atomic E-state index is -0.870. The Bertz CT molecular complexity index is 176. The van der Waals surface area contributed by atoms with Gasteiger partial charge in [-0.1, -0.05) is 127 Å². The van der Waals surface area contributed by atoms with Crippen molar-refractivity contribution in [2.45, 2.75) is 127 Å². The fourth-order valence-corrected chi connectivity index (χ4v) is 5.82. The van der Waals surface area contributed by atoms with Crippen LogP contribution in [0.4, 0.5) is 0 Å². The first-order chi connectivity index (χ1) is 10.8. The molecule has 0 aromatic rings. The van der Waals surface area contributed by atoms with E-state index >= 15 is 0 Å². The topological polar surface area (TPSA) is 0 Å². The highest BCUT2D eigenvalue weighted by molar-refractivity contribution is 7.06. The molecule has 0 spiro atoms. The van der Waals surface area contributed by atoms with E-state index in [4.69, 9.17) is 10.0 Å². The monoisotopic (exact) mass is 344 g/mol. The fraction of sp³-hybridized carbons (Fsp3) is 1.00. The van der Waals surface area contributed by atoms with Crippen molar-refractivity contribution in [3.63, 3.8) is 0 Å². The van der Waals surface area contributed by atoms with Crippen LogP contribution < -0.4 is 0 Å². The van der Waals surface area contributed by atoms with E-state index in [2.05, 4.69) is 13.8 Å². The third-order valence-electron chi connectivity index (χ3n) is 4.74. The molecule has 0 saturated carbocycles.